The molecule has 3 aromatic rings. The maximum atomic E-state index is 11.9. The van der Waals surface area contributed by atoms with Crippen molar-refractivity contribution >= 4 is 23.4 Å². The highest BCUT2D eigenvalue weighted by Gasteiger charge is 2.33. The Balaban J connectivity index is 0.000000265. The maximum absolute atomic E-state index is 11.9. The molecule has 2 aliphatic heterocycles. The van der Waals surface area contributed by atoms with Gasteiger partial charge in [0.05, 0.1) is 18.2 Å². The van der Waals surface area contributed by atoms with Gasteiger partial charge in [-0.25, -0.2) is 4.98 Å². The summed E-state index contributed by atoms with van der Waals surface area (Å²) in [6.07, 6.45) is -0.0424. The van der Waals surface area contributed by atoms with Crippen LogP contribution in [0.1, 0.15) is 39.5 Å². The number of carboxylic acids is 1. The van der Waals surface area contributed by atoms with E-state index in [1.807, 2.05) is 73.3 Å². The van der Waals surface area contributed by atoms with Crippen LogP contribution in [0.3, 0.4) is 0 Å². The van der Waals surface area contributed by atoms with Crippen molar-refractivity contribution in [2.24, 2.45) is 5.92 Å². The molecule has 0 unspecified atom stereocenters. The normalized spacial score (nSPS) is 16.0. The van der Waals surface area contributed by atoms with Crippen molar-refractivity contribution in [2.45, 2.75) is 45.7 Å². The van der Waals surface area contributed by atoms with E-state index in [1.165, 1.54) is 4.90 Å². The molecular weight excluding hydrogens is 539 g/mol. The molecular formula is C31H37ClF3N3O2. The monoisotopic (exact) mass is 575 g/mol. The first-order valence-electron chi connectivity index (χ1n) is 13.8. The Morgan fingerprint density at radius 3 is 2.17 bits per heavy atom. The van der Waals surface area contributed by atoms with E-state index in [9.17, 15) is 18.0 Å². The van der Waals surface area contributed by atoms with E-state index >= 15 is 0 Å². The summed E-state index contributed by atoms with van der Waals surface area (Å²) in [7, 11) is 0. The van der Waals surface area contributed by atoms with E-state index in [0.717, 1.165) is 53.9 Å². The van der Waals surface area contributed by atoms with Gasteiger partial charge in [-0.3, -0.25) is 9.69 Å². The van der Waals surface area contributed by atoms with E-state index in [-0.39, 0.29) is 5.92 Å². The fourth-order valence-electron chi connectivity index (χ4n) is 4.72. The quantitative estimate of drug-likeness (QED) is 0.334. The van der Waals surface area contributed by atoms with Crippen LogP contribution >= 0.6 is 11.6 Å². The van der Waals surface area contributed by atoms with Gasteiger partial charge in [0.1, 0.15) is 5.82 Å². The van der Waals surface area contributed by atoms with Gasteiger partial charge >= 0.3 is 12.1 Å². The van der Waals surface area contributed by atoms with E-state index in [1.54, 1.807) is 0 Å². The van der Waals surface area contributed by atoms with Gasteiger partial charge in [-0.15, -0.1) is 0 Å². The molecule has 40 heavy (non-hydrogen) atoms. The van der Waals surface area contributed by atoms with Crippen molar-refractivity contribution < 1.29 is 23.1 Å². The lowest BCUT2D eigenvalue weighted by atomic mass is 9.97. The smallest absolute Gasteiger partial charge is 0.401 e. The van der Waals surface area contributed by atoms with Crippen LogP contribution in [-0.4, -0.2) is 59.9 Å². The van der Waals surface area contributed by atoms with Crippen LogP contribution < -0.4 is 4.90 Å². The Morgan fingerprint density at radius 2 is 1.57 bits per heavy atom. The predicted octanol–water partition coefficient (Wildman–Crippen LogP) is 8.04. The van der Waals surface area contributed by atoms with Gasteiger partial charge in [0.25, 0.3) is 0 Å². The largest absolute Gasteiger partial charge is 0.481 e. The molecule has 3 heterocycles. The Hall–Kier alpha value is -3.10. The highest BCUT2D eigenvalue weighted by molar-refractivity contribution is 6.31. The van der Waals surface area contributed by atoms with Gasteiger partial charge < -0.3 is 10.0 Å². The van der Waals surface area contributed by atoms with E-state index < -0.39 is 18.7 Å². The number of pyridine rings is 1. The van der Waals surface area contributed by atoms with Crippen molar-refractivity contribution in [2.75, 3.05) is 37.6 Å². The van der Waals surface area contributed by atoms with Crippen LogP contribution in [0, 0.1) is 5.92 Å². The summed E-state index contributed by atoms with van der Waals surface area (Å²) in [6.45, 7) is 5.48. The molecule has 0 saturated carbocycles. The number of benzene rings is 2. The molecule has 0 spiro atoms. The van der Waals surface area contributed by atoms with Gasteiger partial charge in [0, 0.05) is 23.7 Å². The standard InChI is InChI=1S/C21H17ClN2O2.C8H14F3N.C2H6/c22-16-9-10-17(14-5-2-1-3-6-14)18(11-16)19-7-4-8-20(23-19)24-12-15(13-24)21(25)26;9-8(10,11)7-12-5-3-1-2-4-6-12;1-2/h1-11,15H,12-13H2,(H,25,26);1-7H2;1-2H3. The number of likely N-dealkylation sites (tertiary alicyclic amines) is 1. The van der Waals surface area contributed by atoms with Crippen molar-refractivity contribution in [3.8, 4) is 22.4 Å². The third-order valence-electron chi connectivity index (χ3n) is 6.73. The molecule has 0 amide bonds. The minimum absolute atomic E-state index is 0.313. The Morgan fingerprint density at radius 1 is 0.925 bits per heavy atom. The second-order valence-corrected chi connectivity index (χ2v) is 10.1. The zero-order chi connectivity index (χ0) is 29.1. The number of aliphatic carboxylic acids is 1. The van der Waals surface area contributed by atoms with Gasteiger partial charge in [0.2, 0.25) is 0 Å². The highest BCUT2D eigenvalue weighted by atomic mass is 35.5. The molecule has 2 saturated heterocycles. The maximum Gasteiger partial charge on any atom is 0.401 e. The zero-order valence-electron chi connectivity index (χ0n) is 23.0. The first-order valence-corrected chi connectivity index (χ1v) is 14.2. The summed E-state index contributed by atoms with van der Waals surface area (Å²) < 4.78 is 35.8. The molecule has 5 rings (SSSR count). The van der Waals surface area contributed by atoms with Crippen LogP contribution in [-0.2, 0) is 4.79 Å². The van der Waals surface area contributed by atoms with Crippen LogP contribution in [0.2, 0.25) is 5.02 Å². The van der Waals surface area contributed by atoms with Gasteiger partial charge in [0.15, 0.2) is 0 Å². The lowest BCUT2D eigenvalue weighted by molar-refractivity contribution is -0.145. The molecule has 0 aliphatic carbocycles. The molecule has 2 aromatic carbocycles. The molecule has 1 N–H and O–H groups in total. The Labute approximate surface area is 239 Å². The molecule has 2 fully saturated rings. The van der Waals surface area contributed by atoms with E-state index in [2.05, 4.69) is 12.1 Å². The van der Waals surface area contributed by atoms with Crippen LogP contribution in [0.5, 0.6) is 0 Å². The molecule has 1 aromatic heterocycles. The van der Waals surface area contributed by atoms with Crippen molar-refractivity contribution in [1.82, 2.24) is 9.88 Å². The average molecular weight is 576 g/mol. The molecule has 9 heteroatoms. The van der Waals surface area contributed by atoms with Crippen molar-refractivity contribution in [1.29, 1.82) is 0 Å². The number of halogens is 4. The first-order chi connectivity index (χ1) is 19.2. The van der Waals surface area contributed by atoms with Gasteiger partial charge in [-0.05, 0) is 61.3 Å². The molecule has 0 bridgehead atoms. The predicted molar refractivity (Wildman–Crippen MR) is 156 cm³/mol. The summed E-state index contributed by atoms with van der Waals surface area (Å²) in [5, 5.41) is 9.72. The lowest BCUT2D eigenvalue weighted by Gasteiger charge is -2.37. The number of aromatic nitrogens is 1. The van der Waals surface area contributed by atoms with Crippen molar-refractivity contribution in [3.63, 3.8) is 0 Å². The zero-order valence-corrected chi connectivity index (χ0v) is 23.8. The number of nitrogens with zero attached hydrogens (tertiary/aromatic N) is 3. The Bertz CT molecular complexity index is 1210. The summed E-state index contributed by atoms with van der Waals surface area (Å²) >= 11 is 6.25. The number of anilines is 1. The molecule has 0 atom stereocenters. The summed E-state index contributed by atoms with van der Waals surface area (Å²) in [5.74, 6) is -0.274. The minimum atomic E-state index is -4.02. The summed E-state index contributed by atoms with van der Waals surface area (Å²) in [6, 6.07) is 21.7. The summed E-state index contributed by atoms with van der Waals surface area (Å²) in [5.41, 5.74) is 3.94. The average Bonchev–Trinajstić information content (AvgIpc) is 3.17. The minimum Gasteiger partial charge on any atom is -0.481 e. The molecule has 216 valence electrons. The second-order valence-electron chi connectivity index (χ2n) is 9.68. The number of carboxylic acid groups (broad SMARTS) is 1. The topological polar surface area (TPSA) is 56.7 Å². The van der Waals surface area contributed by atoms with Gasteiger partial charge in [-0.2, -0.15) is 13.2 Å². The fourth-order valence-corrected chi connectivity index (χ4v) is 4.89. The highest BCUT2D eigenvalue weighted by Crippen LogP contribution is 2.34. The SMILES string of the molecule is CC.FC(F)(F)CN1CCCCCC1.O=C(O)C1CN(c2cccc(-c3cc(Cl)ccc3-c3ccccc3)n2)C1. The number of hydrogen-bond acceptors (Lipinski definition) is 4. The van der Waals surface area contributed by atoms with Crippen LogP contribution in [0.25, 0.3) is 22.4 Å². The fraction of sp³-hybridized carbons (Fsp3) is 0.419. The summed E-state index contributed by atoms with van der Waals surface area (Å²) in [4.78, 5) is 19.3. The number of carbonyl (C=O) groups is 1. The second kappa shape index (κ2) is 15.1. The number of rotatable bonds is 5. The lowest BCUT2D eigenvalue weighted by Crippen LogP contribution is -2.50. The molecule has 2 aliphatic rings. The number of hydrogen-bond donors (Lipinski definition) is 1. The molecule has 5 nitrogen and oxygen atoms in total. The van der Waals surface area contributed by atoms with Gasteiger partial charge in [-0.1, -0.05) is 80.8 Å². The number of alkyl halides is 3. The third kappa shape index (κ3) is 9.24. The first kappa shape index (κ1) is 31.4. The van der Waals surface area contributed by atoms with E-state index in [4.69, 9.17) is 21.7 Å². The third-order valence-corrected chi connectivity index (χ3v) is 6.97. The van der Waals surface area contributed by atoms with E-state index in [0.29, 0.717) is 31.2 Å². The van der Waals surface area contributed by atoms with Crippen molar-refractivity contribution in [3.05, 3.63) is 71.8 Å². The van der Waals surface area contributed by atoms with Crippen LogP contribution in [0.15, 0.2) is 66.7 Å². The Kier molecular flexibility index (Phi) is 11.8. The van der Waals surface area contributed by atoms with Crippen LogP contribution in [0.4, 0.5) is 19.0 Å². The molecule has 0 radical (unpaired) electrons.